The lowest BCUT2D eigenvalue weighted by molar-refractivity contribution is 0.103. The van der Waals surface area contributed by atoms with Gasteiger partial charge >= 0.3 is 0 Å². The molecule has 0 aliphatic heterocycles. The monoisotopic (exact) mass is 324 g/mol. The van der Waals surface area contributed by atoms with E-state index in [9.17, 15) is 14.7 Å². The Morgan fingerprint density at radius 1 is 1.21 bits per heavy atom. The fourth-order valence-electron chi connectivity index (χ4n) is 2.55. The molecule has 1 aromatic carbocycles. The van der Waals surface area contributed by atoms with Gasteiger partial charge in [-0.2, -0.15) is 5.26 Å². The minimum absolute atomic E-state index is 0.0165. The molecule has 2 aromatic rings. The van der Waals surface area contributed by atoms with E-state index in [4.69, 9.17) is 5.26 Å². The van der Waals surface area contributed by atoms with Crippen LogP contribution in [0.15, 0.2) is 29.1 Å². The van der Waals surface area contributed by atoms with Crippen LogP contribution in [-0.4, -0.2) is 15.5 Å². The Kier molecular flexibility index (Phi) is 4.35. The molecule has 0 aliphatic carbocycles. The van der Waals surface area contributed by atoms with Gasteiger partial charge in [0.05, 0.1) is 5.56 Å². The molecule has 24 heavy (non-hydrogen) atoms. The maximum absolute atomic E-state index is 12.8. The number of nitriles is 1. The number of carbonyl (C=O) groups is 1. The Bertz CT molecular complexity index is 908. The summed E-state index contributed by atoms with van der Waals surface area (Å²) in [6, 6.07) is 8.93. The van der Waals surface area contributed by atoms with Crippen molar-refractivity contribution in [3.63, 3.8) is 0 Å². The molecule has 124 valence electrons. The Labute approximate surface area is 140 Å². The first-order chi connectivity index (χ1) is 11.1. The van der Waals surface area contributed by atoms with Crippen LogP contribution < -0.4 is 5.56 Å². The van der Waals surface area contributed by atoms with Gasteiger partial charge in [-0.3, -0.25) is 14.2 Å². The summed E-state index contributed by atoms with van der Waals surface area (Å²) >= 11 is 0. The van der Waals surface area contributed by atoms with Gasteiger partial charge in [0.15, 0.2) is 5.78 Å². The summed E-state index contributed by atoms with van der Waals surface area (Å²) in [5, 5.41) is 19.4. The summed E-state index contributed by atoms with van der Waals surface area (Å²) in [5.74, 6) is -0.848. The highest BCUT2D eigenvalue weighted by Crippen LogP contribution is 2.26. The van der Waals surface area contributed by atoms with Gasteiger partial charge in [0.2, 0.25) is 5.88 Å². The number of carbonyl (C=O) groups excluding carboxylic acids is 1. The van der Waals surface area contributed by atoms with Crippen molar-refractivity contribution in [3.8, 4) is 11.9 Å². The van der Waals surface area contributed by atoms with Crippen molar-refractivity contribution in [3.05, 3.63) is 62.4 Å². The Morgan fingerprint density at radius 3 is 2.21 bits per heavy atom. The molecule has 0 saturated heterocycles. The van der Waals surface area contributed by atoms with E-state index in [2.05, 4.69) is 20.8 Å². The zero-order valence-electron chi connectivity index (χ0n) is 14.5. The van der Waals surface area contributed by atoms with Gasteiger partial charge in [-0.15, -0.1) is 0 Å². The Balaban J connectivity index is 2.61. The third-order valence-corrected chi connectivity index (χ3v) is 4.16. The molecular weight excluding hydrogens is 304 g/mol. The molecule has 5 nitrogen and oxygen atoms in total. The molecule has 0 amide bonds. The van der Waals surface area contributed by atoms with Crippen LogP contribution in [0.3, 0.4) is 0 Å². The van der Waals surface area contributed by atoms with E-state index in [-0.39, 0.29) is 22.1 Å². The van der Waals surface area contributed by atoms with Crippen LogP contribution in [-0.2, 0) is 12.5 Å². The van der Waals surface area contributed by atoms with E-state index in [1.54, 1.807) is 12.1 Å². The van der Waals surface area contributed by atoms with Crippen molar-refractivity contribution in [1.82, 2.24) is 4.57 Å². The van der Waals surface area contributed by atoms with Crippen LogP contribution in [0.5, 0.6) is 5.88 Å². The highest BCUT2D eigenvalue weighted by Gasteiger charge is 2.24. The van der Waals surface area contributed by atoms with Gasteiger partial charge in [0.1, 0.15) is 11.6 Å². The molecule has 0 spiro atoms. The first-order valence-electron chi connectivity index (χ1n) is 7.57. The quantitative estimate of drug-likeness (QED) is 0.861. The minimum Gasteiger partial charge on any atom is -0.494 e. The lowest BCUT2D eigenvalue weighted by Crippen LogP contribution is -2.24. The number of rotatable bonds is 2. The van der Waals surface area contributed by atoms with Gasteiger partial charge in [-0.05, 0) is 23.5 Å². The highest BCUT2D eigenvalue weighted by molar-refractivity contribution is 6.11. The maximum atomic E-state index is 12.8. The smallest absolute Gasteiger partial charge is 0.271 e. The first-order valence-corrected chi connectivity index (χ1v) is 7.57. The molecule has 0 saturated carbocycles. The zero-order valence-corrected chi connectivity index (χ0v) is 14.5. The van der Waals surface area contributed by atoms with E-state index in [1.807, 2.05) is 18.2 Å². The van der Waals surface area contributed by atoms with Crippen molar-refractivity contribution < 1.29 is 9.90 Å². The Morgan fingerprint density at radius 2 is 1.75 bits per heavy atom. The van der Waals surface area contributed by atoms with E-state index in [0.29, 0.717) is 5.56 Å². The summed E-state index contributed by atoms with van der Waals surface area (Å²) in [5.41, 5.74) is 0.865. The number of benzene rings is 1. The van der Waals surface area contributed by atoms with Gasteiger partial charge in [-0.1, -0.05) is 45.0 Å². The summed E-state index contributed by atoms with van der Waals surface area (Å²) in [6.07, 6.45) is 0. The van der Waals surface area contributed by atoms with Crippen LogP contribution in [0.4, 0.5) is 0 Å². The Hall–Kier alpha value is -2.87. The van der Waals surface area contributed by atoms with Crippen molar-refractivity contribution in [2.75, 3.05) is 0 Å². The molecule has 0 radical (unpaired) electrons. The van der Waals surface area contributed by atoms with E-state index in [1.165, 1.54) is 14.0 Å². The number of hydrogen-bond acceptors (Lipinski definition) is 4. The number of pyridine rings is 1. The SMILES string of the molecule is Cc1c(C(=O)c2ccc(C(C)(C)C)cc2)c(O)n(C)c(=O)c1C#N. The van der Waals surface area contributed by atoms with E-state index < -0.39 is 17.2 Å². The molecule has 0 bridgehead atoms. The van der Waals surface area contributed by atoms with Crippen molar-refractivity contribution >= 4 is 5.78 Å². The van der Waals surface area contributed by atoms with Crippen molar-refractivity contribution in [1.29, 1.82) is 5.26 Å². The second kappa shape index (κ2) is 5.97. The largest absolute Gasteiger partial charge is 0.494 e. The van der Waals surface area contributed by atoms with Crippen LogP contribution in [0.2, 0.25) is 0 Å². The van der Waals surface area contributed by atoms with E-state index >= 15 is 0 Å². The molecule has 1 N–H and O–H groups in total. The number of hydrogen-bond donors (Lipinski definition) is 1. The summed E-state index contributed by atoms with van der Waals surface area (Å²) in [6.45, 7) is 7.72. The van der Waals surface area contributed by atoms with Crippen molar-refractivity contribution in [2.45, 2.75) is 33.1 Å². The summed E-state index contributed by atoms with van der Waals surface area (Å²) in [4.78, 5) is 24.8. The number of ketones is 1. The normalized spacial score (nSPS) is 11.2. The van der Waals surface area contributed by atoms with Gasteiger partial charge < -0.3 is 5.11 Å². The predicted molar refractivity (Wildman–Crippen MR) is 91.4 cm³/mol. The van der Waals surface area contributed by atoms with E-state index in [0.717, 1.165) is 10.1 Å². The number of nitrogens with zero attached hydrogens (tertiary/aromatic N) is 2. The fourth-order valence-corrected chi connectivity index (χ4v) is 2.55. The van der Waals surface area contributed by atoms with Crippen LogP contribution >= 0.6 is 0 Å². The topological polar surface area (TPSA) is 83.1 Å². The number of aromatic nitrogens is 1. The van der Waals surface area contributed by atoms with Gasteiger partial charge in [-0.25, -0.2) is 0 Å². The molecule has 0 unspecified atom stereocenters. The minimum atomic E-state index is -0.618. The third-order valence-electron chi connectivity index (χ3n) is 4.16. The molecule has 5 heteroatoms. The predicted octanol–water partition coefficient (Wildman–Crippen LogP) is 2.80. The zero-order chi connectivity index (χ0) is 18.2. The van der Waals surface area contributed by atoms with Crippen LogP contribution in [0.25, 0.3) is 0 Å². The average Bonchev–Trinajstić information content (AvgIpc) is 2.52. The van der Waals surface area contributed by atoms with Crippen LogP contribution in [0, 0.1) is 18.3 Å². The lowest BCUT2D eigenvalue weighted by Gasteiger charge is -2.19. The van der Waals surface area contributed by atoms with Crippen LogP contribution in [0.1, 0.15) is 53.4 Å². The molecule has 0 aliphatic rings. The third kappa shape index (κ3) is 2.83. The molecule has 1 heterocycles. The fraction of sp³-hybridized carbons (Fsp3) is 0.316. The first kappa shape index (κ1) is 17.5. The molecule has 2 rings (SSSR count). The summed E-state index contributed by atoms with van der Waals surface area (Å²) in [7, 11) is 1.33. The summed E-state index contributed by atoms with van der Waals surface area (Å²) < 4.78 is 0.919. The molecule has 1 aromatic heterocycles. The molecule has 0 atom stereocenters. The lowest BCUT2D eigenvalue weighted by atomic mass is 9.86. The standard InChI is InChI=1S/C19H20N2O3/c1-11-14(10-20)17(23)21(5)18(24)15(11)16(22)12-6-8-13(9-7-12)19(2,3)4/h6-9,24H,1-5H3. The van der Waals surface area contributed by atoms with Gasteiger partial charge in [0.25, 0.3) is 5.56 Å². The molecule has 0 fully saturated rings. The maximum Gasteiger partial charge on any atom is 0.271 e. The number of aromatic hydroxyl groups is 1. The van der Waals surface area contributed by atoms with Crippen molar-refractivity contribution in [2.24, 2.45) is 7.05 Å². The second-order valence-electron chi connectivity index (χ2n) is 6.83. The molecular formula is C19H20N2O3. The second-order valence-corrected chi connectivity index (χ2v) is 6.83. The average molecular weight is 324 g/mol. The van der Waals surface area contributed by atoms with Gasteiger partial charge in [0, 0.05) is 12.6 Å². The highest BCUT2D eigenvalue weighted by atomic mass is 16.3.